The molecular formula is C49H67NO8. The van der Waals surface area contributed by atoms with E-state index >= 15 is 0 Å². The molecule has 9 nitrogen and oxygen atoms in total. The van der Waals surface area contributed by atoms with Gasteiger partial charge in [0, 0.05) is 18.9 Å². The summed E-state index contributed by atoms with van der Waals surface area (Å²) in [5, 5.41) is 12.0. The van der Waals surface area contributed by atoms with Crippen LogP contribution in [-0.4, -0.2) is 35.7 Å². The molecule has 1 aliphatic rings. The number of rotatable bonds is 31. The van der Waals surface area contributed by atoms with E-state index in [1.807, 2.05) is 43.3 Å². The number of benzene rings is 3. The van der Waals surface area contributed by atoms with E-state index in [4.69, 9.17) is 18.9 Å². The van der Waals surface area contributed by atoms with Crippen molar-refractivity contribution in [2.75, 3.05) is 13.2 Å². The summed E-state index contributed by atoms with van der Waals surface area (Å²) in [6.07, 6.45) is 23.9. The number of nitro benzene ring substituents is 1. The van der Waals surface area contributed by atoms with Gasteiger partial charge in [0.2, 0.25) is 0 Å². The smallest absolute Gasteiger partial charge is 0.343 e. The molecule has 1 aliphatic carbocycles. The number of hydrogen-bond acceptors (Lipinski definition) is 8. The summed E-state index contributed by atoms with van der Waals surface area (Å²) in [6.45, 7) is 9.10. The summed E-state index contributed by atoms with van der Waals surface area (Å²) in [7, 11) is 0. The monoisotopic (exact) mass is 797 g/mol. The Morgan fingerprint density at radius 1 is 0.690 bits per heavy atom. The molecule has 0 unspecified atom stereocenters. The molecule has 58 heavy (non-hydrogen) atoms. The van der Waals surface area contributed by atoms with Crippen molar-refractivity contribution in [2.24, 2.45) is 0 Å². The molecule has 0 radical (unpaired) electrons. The van der Waals surface area contributed by atoms with Crippen LogP contribution in [0.25, 0.3) is 11.1 Å². The zero-order chi connectivity index (χ0) is 41.4. The van der Waals surface area contributed by atoms with Crippen LogP contribution in [0.5, 0.6) is 17.2 Å². The van der Waals surface area contributed by atoms with Gasteiger partial charge in [-0.1, -0.05) is 127 Å². The lowest BCUT2D eigenvalue weighted by atomic mass is 10.0. The van der Waals surface area contributed by atoms with Crippen molar-refractivity contribution in [3.8, 4) is 28.4 Å². The largest absolute Gasteiger partial charge is 0.494 e. The first-order valence-corrected chi connectivity index (χ1v) is 22.0. The van der Waals surface area contributed by atoms with Crippen LogP contribution in [0.1, 0.15) is 165 Å². The minimum Gasteiger partial charge on any atom is -0.494 e. The van der Waals surface area contributed by atoms with Gasteiger partial charge in [-0.3, -0.25) is 14.9 Å². The molecule has 0 heterocycles. The SMILES string of the molecule is C=C(C)CCOC(=O)CCCCCCCCCCOc1ccc(-c2ccc(OC(=O)c3ccc(OC4(CCCCCCCCCCC)CC4)c([N+](=O)[O-])c3)cc2)cc1. The third-order valence-electron chi connectivity index (χ3n) is 10.8. The number of nitro groups is 1. The molecular weight excluding hydrogens is 731 g/mol. The minimum atomic E-state index is -0.666. The number of carbonyl (C=O) groups is 2. The highest BCUT2D eigenvalue weighted by Gasteiger charge is 2.46. The van der Waals surface area contributed by atoms with Crippen LogP contribution in [0.2, 0.25) is 0 Å². The molecule has 9 heteroatoms. The fourth-order valence-corrected chi connectivity index (χ4v) is 7.07. The van der Waals surface area contributed by atoms with Crippen molar-refractivity contribution in [3.63, 3.8) is 0 Å². The summed E-state index contributed by atoms with van der Waals surface area (Å²) < 4.78 is 23.0. The van der Waals surface area contributed by atoms with E-state index in [0.717, 1.165) is 93.1 Å². The van der Waals surface area contributed by atoms with Crippen LogP contribution in [-0.2, 0) is 9.53 Å². The molecule has 4 rings (SSSR count). The van der Waals surface area contributed by atoms with E-state index in [1.54, 1.807) is 12.1 Å². The van der Waals surface area contributed by atoms with Gasteiger partial charge in [0.05, 0.1) is 23.7 Å². The summed E-state index contributed by atoms with van der Waals surface area (Å²) >= 11 is 0. The summed E-state index contributed by atoms with van der Waals surface area (Å²) in [4.78, 5) is 36.3. The third-order valence-corrected chi connectivity index (χ3v) is 10.8. The first-order valence-electron chi connectivity index (χ1n) is 22.0. The zero-order valence-corrected chi connectivity index (χ0v) is 35.2. The van der Waals surface area contributed by atoms with Gasteiger partial charge in [0.25, 0.3) is 0 Å². The quantitative estimate of drug-likeness (QED) is 0.0158. The Hall–Kier alpha value is -4.66. The van der Waals surface area contributed by atoms with Crippen molar-refractivity contribution in [1.29, 1.82) is 0 Å². The Morgan fingerprint density at radius 3 is 1.81 bits per heavy atom. The summed E-state index contributed by atoms with van der Waals surface area (Å²) in [5.74, 6) is 0.609. The zero-order valence-electron chi connectivity index (χ0n) is 35.2. The molecule has 0 saturated heterocycles. The fraction of sp³-hybridized carbons (Fsp3) is 0.551. The summed E-state index contributed by atoms with van der Waals surface area (Å²) in [5.41, 5.74) is 2.53. The highest BCUT2D eigenvalue weighted by Crippen LogP contribution is 2.46. The molecule has 0 spiro atoms. The standard InChI is InChI=1S/C49H67NO8/c1-4-5-6-7-8-10-13-16-19-33-49(34-35-49)58-46-31-26-42(38-45(46)50(53)54)48(52)57-44-29-24-41(25-30-44)40-22-27-43(28-23-40)55-36-20-17-14-11-9-12-15-18-21-47(51)56-37-32-39(2)3/h22-31,38H,2,4-21,32-37H2,1,3H3. The molecule has 0 bridgehead atoms. The van der Waals surface area contributed by atoms with Crippen LogP contribution in [0.3, 0.4) is 0 Å². The van der Waals surface area contributed by atoms with Gasteiger partial charge >= 0.3 is 17.6 Å². The lowest BCUT2D eigenvalue weighted by Crippen LogP contribution is -2.19. The van der Waals surface area contributed by atoms with Crippen molar-refractivity contribution >= 4 is 17.6 Å². The maximum atomic E-state index is 13.0. The van der Waals surface area contributed by atoms with Crippen LogP contribution in [0.4, 0.5) is 5.69 Å². The second kappa shape index (κ2) is 25.6. The Kier molecular flexibility index (Phi) is 20.4. The van der Waals surface area contributed by atoms with E-state index in [2.05, 4.69) is 13.5 Å². The molecule has 0 aliphatic heterocycles. The van der Waals surface area contributed by atoms with Gasteiger partial charge in [0.15, 0.2) is 5.75 Å². The number of hydrogen-bond donors (Lipinski definition) is 0. The van der Waals surface area contributed by atoms with Crippen LogP contribution in [0, 0.1) is 10.1 Å². The van der Waals surface area contributed by atoms with Crippen molar-refractivity contribution in [3.05, 3.63) is 94.6 Å². The molecule has 0 amide bonds. The fourth-order valence-electron chi connectivity index (χ4n) is 7.07. The van der Waals surface area contributed by atoms with Crippen molar-refractivity contribution in [2.45, 2.75) is 161 Å². The second-order valence-corrected chi connectivity index (χ2v) is 16.1. The molecule has 1 saturated carbocycles. The normalized spacial score (nSPS) is 12.8. The molecule has 3 aromatic rings. The third kappa shape index (κ3) is 17.5. The van der Waals surface area contributed by atoms with E-state index in [9.17, 15) is 19.7 Å². The molecule has 0 aromatic heterocycles. The number of carbonyl (C=O) groups excluding carboxylic acids is 2. The maximum Gasteiger partial charge on any atom is 0.343 e. The maximum absolute atomic E-state index is 13.0. The average Bonchev–Trinajstić information content (AvgIpc) is 3.98. The number of nitrogens with zero attached hydrogens (tertiary/aromatic N) is 1. The van der Waals surface area contributed by atoms with Gasteiger partial charge in [-0.2, -0.15) is 0 Å². The lowest BCUT2D eigenvalue weighted by molar-refractivity contribution is -0.386. The Morgan fingerprint density at radius 2 is 1.24 bits per heavy atom. The van der Waals surface area contributed by atoms with Crippen molar-refractivity contribution in [1.82, 2.24) is 0 Å². The van der Waals surface area contributed by atoms with Gasteiger partial charge in [-0.15, -0.1) is 6.58 Å². The number of esters is 2. The first-order chi connectivity index (χ1) is 28.2. The number of unbranched alkanes of at least 4 members (excludes halogenated alkanes) is 15. The van der Waals surface area contributed by atoms with Gasteiger partial charge in [-0.25, -0.2) is 4.79 Å². The number of ether oxygens (including phenoxy) is 4. The minimum absolute atomic E-state index is 0.0976. The Labute approximate surface area is 347 Å². The predicted molar refractivity (Wildman–Crippen MR) is 232 cm³/mol. The lowest BCUT2D eigenvalue weighted by Gasteiger charge is -2.18. The van der Waals surface area contributed by atoms with Crippen LogP contribution >= 0.6 is 0 Å². The topological polar surface area (TPSA) is 114 Å². The van der Waals surface area contributed by atoms with Crippen LogP contribution in [0.15, 0.2) is 78.9 Å². The summed E-state index contributed by atoms with van der Waals surface area (Å²) in [6, 6.07) is 19.4. The molecule has 0 N–H and O–H groups in total. The van der Waals surface area contributed by atoms with E-state index in [0.29, 0.717) is 25.4 Å². The van der Waals surface area contributed by atoms with Gasteiger partial charge < -0.3 is 18.9 Å². The first kappa shape index (κ1) is 46.0. The average molecular weight is 798 g/mol. The molecule has 3 aromatic carbocycles. The van der Waals surface area contributed by atoms with Crippen molar-refractivity contribution < 1.29 is 33.5 Å². The van der Waals surface area contributed by atoms with E-state index in [-0.39, 0.29) is 28.6 Å². The Bertz CT molecular complexity index is 1700. The van der Waals surface area contributed by atoms with Gasteiger partial charge in [0.1, 0.15) is 17.1 Å². The predicted octanol–water partition coefficient (Wildman–Crippen LogP) is 13.7. The molecule has 1 fully saturated rings. The molecule has 0 atom stereocenters. The highest BCUT2D eigenvalue weighted by molar-refractivity contribution is 5.92. The highest BCUT2D eigenvalue weighted by atomic mass is 16.6. The van der Waals surface area contributed by atoms with Gasteiger partial charge in [-0.05, 0) is 93.0 Å². The van der Waals surface area contributed by atoms with E-state index in [1.165, 1.54) is 82.4 Å². The van der Waals surface area contributed by atoms with Crippen LogP contribution < -0.4 is 14.2 Å². The second-order valence-electron chi connectivity index (χ2n) is 16.1. The Balaban J connectivity index is 1.11. The van der Waals surface area contributed by atoms with E-state index < -0.39 is 10.9 Å². The molecule has 316 valence electrons.